The van der Waals surface area contributed by atoms with Gasteiger partial charge in [-0.25, -0.2) is 0 Å². The van der Waals surface area contributed by atoms with E-state index in [2.05, 4.69) is 9.97 Å². The van der Waals surface area contributed by atoms with Crippen molar-refractivity contribution in [3.05, 3.63) is 21.7 Å². The smallest absolute Gasteiger partial charge is 0.257 e. The highest BCUT2D eigenvalue weighted by atomic mass is 16.5. The van der Waals surface area contributed by atoms with Crippen molar-refractivity contribution < 1.29 is 9.84 Å². The Morgan fingerprint density at radius 3 is 2.79 bits per heavy atom. The van der Waals surface area contributed by atoms with Crippen LogP contribution in [0.25, 0.3) is 0 Å². The molecule has 0 radical (unpaired) electrons. The number of ether oxygens (including phenoxy) is 1. The molecule has 0 amide bonds. The quantitative estimate of drug-likeness (QED) is 0.741. The second-order valence-electron chi connectivity index (χ2n) is 3.00. The predicted octanol–water partition coefficient (Wildman–Crippen LogP) is 0.574. The summed E-state index contributed by atoms with van der Waals surface area (Å²) < 4.78 is 4.79. The van der Waals surface area contributed by atoms with Crippen LogP contribution in [0.15, 0.2) is 4.79 Å². The molecule has 0 aromatic carbocycles. The van der Waals surface area contributed by atoms with Gasteiger partial charge >= 0.3 is 0 Å². The van der Waals surface area contributed by atoms with E-state index in [1.165, 1.54) is 7.11 Å². The SMILES string of the molecule is CCCc1c(O)nc(COC)[nH]c1=O. The lowest BCUT2D eigenvalue weighted by molar-refractivity contribution is 0.176. The molecule has 14 heavy (non-hydrogen) atoms. The Balaban J connectivity index is 3.05. The van der Waals surface area contributed by atoms with E-state index in [4.69, 9.17) is 4.74 Å². The summed E-state index contributed by atoms with van der Waals surface area (Å²) in [6.45, 7) is 2.12. The Kier molecular flexibility index (Phi) is 3.64. The van der Waals surface area contributed by atoms with Crippen LogP contribution in [-0.4, -0.2) is 22.2 Å². The first kappa shape index (κ1) is 10.7. The Morgan fingerprint density at radius 1 is 1.57 bits per heavy atom. The van der Waals surface area contributed by atoms with Crippen LogP contribution < -0.4 is 5.56 Å². The van der Waals surface area contributed by atoms with Crippen LogP contribution in [0.3, 0.4) is 0 Å². The first-order valence-electron chi connectivity index (χ1n) is 4.49. The third-order valence-corrected chi connectivity index (χ3v) is 1.82. The van der Waals surface area contributed by atoms with Crippen molar-refractivity contribution in [2.45, 2.75) is 26.4 Å². The van der Waals surface area contributed by atoms with Gasteiger partial charge in [-0.2, -0.15) is 4.98 Å². The molecule has 78 valence electrons. The fourth-order valence-corrected chi connectivity index (χ4v) is 1.21. The number of aromatic amines is 1. The number of methoxy groups -OCH3 is 1. The summed E-state index contributed by atoms with van der Waals surface area (Å²) in [7, 11) is 1.50. The van der Waals surface area contributed by atoms with Crippen molar-refractivity contribution in [3.63, 3.8) is 0 Å². The molecule has 1 heterocycles. The van der Waals surface area contributed by atoms with Crippen LogP contribution in [0.4, 0.5) is 0 Å². The second-order valence-corrected chi connectivity index (χ2v) is 3.00. The largest absolute Gasteiger partial charge is 0.493 e. The Bertz CT molecular complexity index is 360. The van der Waals surface area contributed by atoms with E-state index in [1.807, 2.05) is 6.92 Å². The average molecular weight is 198 g/mol. The molecular formula is C9H14N2O3. The van der Waals surface area contributed by atoms with Crippen molar-refractivity contribution in [3.8, 4) is 5.88 Å². The summed E-state index contributed by atoms with van der Waals surface area (Å²) in [5, 5.41) is 9.44. The fourth-order valence-electron chi connectivity index (χ4n) is 1.21. The normalized spacial score (nSPS) is 10.4. The van der Waals surface area contributed by atoms with E-state index in [-0.39, 0.29) is 18.0 Å². The first-order chi connectivity index (χ1) is 6.69. The van der Waals surface area contributed by atoms with Crippen LogP contribution >= 0.6 is 0 Å². The molecule has 0 bridgehead atoms. The first-order valence-corrected chi connectivity index (χ1v) is 4.49. The number of hydrogen-bond acceptors (Lipinski definition) is 4. The minimum absolute atomic E-state index is 0.190. The van der Waals surface area contributed by atoms with Crippen molar-refractivity contribution in [1.82, 2.24) is 9.97 Å². The minimum Gasteiger partial charge on any atom is -0.493 e. The molecule has 0 aliphatic heterocycles. The highest BCUT2D eigenvalue weighted by Gasteiger charge is 2.08. The molecule has 5 heteroatoms. The molecule has 0 fully saturated rings. The summed E-state index contributed by atoms with van der Waals surface area (Å²) in [6.07, 6.45) is 1.32. The average Bonchev–Trinajstić information content (AvgIpc) is 2.12. The third-order valence-electron chi connectivity index (χ3n) is 1.82. The van der Waals surface area contributed by atoms with Gasteiger partial charge in [0.1, 0.15) is 12.4 Å². The molecule has 1 rings (SSSR count). The summed E-state index contributed by atoms with van der Waals surface area (Å²) in [5.41, 5.74) is 0.0544. The maximum absolute atomic E-state index is 11.4. The number of nitrogens with one attached hydrogen (secondary N) is 1. The zero-order valence-electron chi connectivity index (χ0n) is 8.33. The van der Waals surface area contributed by atoms with Gasteiger partial charge in [0, 0.05) is 7.11 Å². The lowest BCUT2D eigenvalue weighted by Gasteiger charge is -2.03. The van der Waals surface area contributed by atoms with Crippen molar-refractivity contribution in [2.24, 2.45) is 0 Å². The molecule has 0 spiro atoms. The van der Waals surface area contributed by atoms with E-state index in [1.54, 1.807) is 0 Å². The summed E-state index contributed by atoms with van der Waals surface area (Å²) in [5.74, 6) is 0.150. The predicted molar refractivity (Wildman–Crippen MR) is 51.2 cm³/mol. The van der Waals surface area contributed by atoms with Gasteiger partial charge in [-0.05, 0) is 6.42 Å². The van der Waals surface area contributed by atoms with E-state index < -0.39 is 0 Å². The van der Waals surface area contributed by atoms with Gasteiger partial charge in [-0.15, -0.1) is 0 Å². The van der Waals surface area contributed by atoms with Gasteiger partial charge in [0.25, 0.3) is 5.56 Å². The van der Waals surface area contributed by atoms with Gasteiger partial charge in [0.2, 0.25) is 5.88 Å². The van der Waals surface area contributed by atoms with Gasteiger partial charge < -0.3 is 14.8 Å². The van der Waals surface area contributed by atoms with Crippen LogP contribution in [0.2, 0.25) is 0 Å². The van der Waals surface area contributed by atoms with Crippen molar-refractivity contribution >= 4 is 0 Å². The Morgan fingerprint density at radius 2 is 2.29 bits per heavy atom. The van der Waals surface area contributed by atoms with Gasteiger partial charge in [-0.1, -0.05) is 13.3 Å². The number of H-pyrrole nitrogens is 1. The third kappa shape index (κ3) is 2.32. The van der Waals surface area contributed by atoms with Crippen molar-refractivity contribution in [2.75, 3.05) is 7.11 Å². The molecule has 0 aliphatic carbocycles. The highest BCUT2D eigenvalue weighted by molar-refractivity contribution is 5.22. The number of rotatable bonds is 4. The van der Waals surface area contributed by atoms with Crippen LogP contribution in [0.1, 0.15) is 24.7 Å². The highest BCUT2D eigenvalue weighted by Crippen LogP contribution is 2.10. The lowest BCUT2D eigenvalue weighted by Crippen LogP contribution is -2.17. The number of aromatic hydroxyl groups is 1. The van der Waals surface area contributed by atoms with Gasteiger partial charge in [0.05, 0.1) is 5.56 Å². The van der Waals surface area contributed by atoms with E-state index in [0.717, 1.165) is 6.42 Å². The number of hydrogen-bond donors (Lipinski definition) is 2. The van der Waals surface area contributed by atoms with E-state index in [0.29, 0.717) is 17.8 Å². The number of nitrogens with zero attached hydrogens (tertiary/aromatic N) is 1. The number of aromatic nitrogens is 2. The maximum atomic E-state index is 11.4. The molecule has 0 atom stereocenters. The summed E-state index contributed by atoms with van der Waals surface area (Å²) >= 11 is 0. The Labute approximate surface area is 81.8 Å². The zero-order chi connectivity index (χ0) is 10.6. The lowest BCUT2D eigenvalue weighted by atomic mass is 10.2. The Hall–Kier alpha value is -1.36. The molecule has 1 aromatic rings. The molecule has 0 unspecified atom stereocenters. The molecule has 5 nitrogen and oxygen atoms in total. The van der Waals surface area contributed by atoms with Crippen LogP contribution in [-0.2, 0) is 17.8 Å². The molecule has 0 saturated carbocycles. The van der Waals surface area contributed by atoms with Crippen LogP contribution in [0, 0.1) is 0 Å². The van der Waals surface area contributed by atoms with Crippen LogP contribution in [0.5, 0.6) is 5.88 Å². The van der Waals surface area contributed by atoms with Gasteiger partial charge in [0.15, 0.2) is 0 Å². The van der Waals surface area contributed by atoms with Gasteiger partial charge in [-0.3, -0.25) is 4.79 Å². The minimum atomic E-state index is -0.286. The summed E-state index contributed by atoms with van der Waals surface area (Å²) in [4.78, 5) is 17.8. The van der Waals surface area contributed by atoms with E-state index in [9.17, 15) is 9.90 Å². The second kappa shape index (κ2) is 4.76. The van der Waals surface area contributed by atoms with E-state index >= 15 is 0 Å². The standard InChI is InChI=1S/C9H14N2O3/c1-3-4-6-8(12)10-7(5-14-2)11-9(6)13/h3-5H2,1-2H3,(H2,10,11,12,13). The topological polar surface area (TPSA) is 75.2 Å². The monoisotopic (exact) mass is 198 g/mol. The fraction of sp³-hybridized carbons (Fsp3) is 0.556. The molecular weight excluding hydrogens is 184 g/mol. The molecule has 1 aromatic heterocycles. The molecule has 0 aliphatic rings. The molecule has 2 N–H and O–H groups in total. The maximum Gasteiger partial charge on any atom is 0.257 e. The van der Waals surface area contributed by atoms with Crippen molar-refractivity contribution in [1.29, 1.82) is 0 Å². The summed E-state index contributed by atoms with van der Waals surface area (Å²) in [6, 6.07) is 0. The zero-order valence-corrected chi connectivity index (χ0v) is 8.33. The molecule has 0 saturated heterocycles.